The number of hydrogen-bond acceptors (Lipinski definition) is 6. The lowest BCUT2D eigenvalue weighted by atomic mass is 10.0. The molecule has 1 fully saturated rings. The molecule has 5 aromatic rings. The van der Waals surface area contributed by atoms with Gasteiger partial charge in [0.1, 0.15) is 0 Å². The number of ether oxygens (including phenoxy) is 1. The van der Waals surface area contributed by atoms with Crippen molar-refractivity contribution in [1.82, 2.24) is 14.9 Å². The Morgan fingerprint density at radius 1 is 1.03 bits per heavy atom. The van der Waals surface area contributed by atoms with Crippen molar-refractivity contribution in [3.63, 3.8) is 0 Å². The molecule has 0 N–H and O–H groups in total. The molecule has 0 radical (unpaired) electrons. The van der Waals surface area contributed by atoms with Gasteiger partial charge < -0.3 is 4.74 Å². The van der Waals surface area contributed by atoms with Gasteiger partial charge in [-0.05, 0) is 37.1 Å². The average Bonchev–Trinajstić information content (AvgIpc) is 3.44. The summed E-state index contributed by atoms with van der Waals surface area (Å²) in [6.45, 7) is 6.80. The molecule has 3 heterocycles. The molecule has 6 rings (SSSR count). The van der Waals surface area contributed by atoms with E-state index in [-0.39, 0.29) is 5.91 Å². The van der Waals surface area contributed by atoms with Gasteiger partial charge in [0, 0.05) is 37.1 Å². The first-order valence-electron chi connectivity index (χ1n) is 13.2. The highest BCUT2D eigenvalue weighted by molar-refractivity contribution is 7.23. The normalized spacial score (nSPS) is 14.2. The van der Waals surface area contributed by atoms with E-state index in [2.05, 4.69) is 4.90 Å². The molecule has 2 aromatic heterocycles. The van der Waals surface area contributed by atoms with E-state index >= 15 is 0 Å². The van der Waals surface area contributed by atoms with Crippen LogP contribution in [0.1, 0.15) is 22.3 Å². The number of fused-ring (bicyclic) bond motifs is 2. The number of nitrogens with zero attached hydrogens (tertiary/aromatic N) is 4. The summed E-state index contributed by atoms with van der Waals surface area (Å²) in [5, 5.41) is 2.15. The van der Waals surface area contributed by atoms with Gasteiger partial charge in [-0.2, -0.15) is 0 Å². The maximum absolute atomic E-state index is 14.5. The Hall–Kier alpha value is -3.36. The second-order valence-corrected chi connectivity index (χ2v) is 11.1. The quantitative estimate of drug-likeness (QED) is 0.219. The first kappa shape index (κ1) is 25.9. The Bertz CT molecular complexity index is 1590. The number of carbonyl (C=O) groups excluding carboxylic acids is 1. The number of para-hydroxylation sites is 1. The lowest BCUT2D eigenvalue weighted by Gasteiger charge is -2.28. The molecule has 0 saturated carbocycles. The number of morpholine rings is 1. The molecule has 1 aliphatic rings. The van der Waals surface area contributed by atoms with Crippen molar-refractivity contribution in [2.75, 3.05) is 44.3 Å². The molecule has 0 unspecified atom stereocenters. The van der Waals surface area contributed by atoms with Crippen LogP contribution in [0, 0.1) is 6.92 Å². The number of carbonyl (C=O) groups is 1. The molecule has 1 saturated heterocycles. The van der Waals surface area contributed by atoms with Crippen LogP contribution in [0.4, 0.5) is 5.13 Å². The van der Waals surface area contributed by atoms with Gasteiger partial charge in [-0.15, -0.1) is 0 Å². The topological polar surface area (TPSA) is 58.6 Å². The Morgan fingerprint density at radius 2 is 1.79 bits per heavy atom. The fraction of sp³-hybridized carbons (Fsp3) is 0.258. The Balaban J connectivity index is 1.42. The lowest BCUT2D eigenvalue weighted by Crippen LogP contribution is -2.39. The molecule has 39 heavy (non-hydrogen) atoms. The zero-order chi connectivity index (χ0) is 26.8. The number of benzene rings is 3. The standard InChI is InChI=1S/C31H29ClN4O2S/c1-21-12-13-25(32)29-28(21)34-31(39-29)36(15-7-14-35-16-18-38-19-17-35)30(37)24-20-27(22-8-3-2-4-9-22)33-26-11-6-5-10-23(24)26/h2-6,8-13,20H,7,14-19H2,1H3. The van der Waals surface area contributed by atoms with E-state index < -0.39 is 0 Å². The molecule has 0 atom stereocenters. The minimum absolute atomic E-state index is 0.0828. The number of anilines is 1. The van der Waals surface area contributed by atoms with E-state index in [1.165, 1.54) is 11.3 Å². The van der Waals surface area contributed by atoms with Gasteiger partial charge in [0.2, 0.25) is 0 Å². The van der Waals surface area contributed by atoms with Crippen LogP contribution in [-0.4, -0.2) is 60.2 Å². The van der Waals surface area contributed by atoms with E-state index in [0.29, 0.717) is 22.3 Å². The second-order valence-electron chi connectivity index (χ2n) is 9.74. The first-order chi connectivity index (χ1) is 19.1. The largest absolute Gasteiger partial charge is 0.379 e. The summed E-state index contributed by atoms with van der Waals surface area (Å²) >= 11 is 8.03. The van der Waals surface area contributed by atoms with Gasteiger partial charge in [0.15, 0.2) is 5.13 Å². The maximum Gasteiger partial charge on any atom is 0.260 e. The number of rotatable bonds is 7. The SMILES string of the molecule is Cc1ccc(Cl)c2sc(N(CCCN3CCOCC3)C(=O)c3cc(-c4ccccc4)nc4ccccc34)nc12. The van der Waals surface area contributed by atoms with Crippen molar-refractivity contribution in [3.05, 3.63) is 88.9 Å². The number of amides is 1. The van der Waals surface area contributed by atoms with E-state index in [4.69, 9.17) is 26.3 Å². The van der Waals surface area contributed by atoms with Crippen LogP contribution in [0.2, 0.25) is 5.02 Å². The number of halogens is 1. The summed E-state index contributed by atoms with van der Waals surface area (Å²) in [6.07, 6.45) is 0.822. The second kappa shape index (κ2) is 11.4. The van der Waals surface area contributed by atoms with Crippen molar-refractivity contribution in [1.29, 1.82) is 0 Å². The number of aryl methyl sites for hydroxylation is 1. The predicted molar refractivity (Wildman–Crippen MR) is 160 cm³/mol. The number of aromatic nitrogens is 2. The Kier molecular flexibility index (Phi) is 7.57. The Morgan fingerprint density at radius 3 is 2.59 bits per heavy atom. The summed E-state index contributed by atoms with van der Waals surface area (Å²) in [5.74, 6) is -0.0828. The van der Waals surface area contributed by atoms with Crippen LogP contribution < -0.4 is 4.90 Å². The van der Waals surface area contributed by atoms with Crippen LogP contribution in [0.15, 0.2) is 72.8 Å². The van der Waals surface area contributed by atoms with Crippen LogP contribution >= 0.6 is 22.9 Å². The van der Waals surface area contributed by atoms with Crippen molar-refractivity contribution in [2.24, 2.45) is 0 Å². The number of thiazole rings is 1. The third-order valence-electron chi connectivity index (χ3n) is 7.14. The lowest BCUT2D eigenvalue weighted by molar-refractivity contribution is 0.0376. The highest BCUT2D eigenvalue weighted by atomic mass is 35.5. The van der Waals surface area contributed by atoms with E-state index in [0.717, 1.165) is 77.2 Å². The third kappa shape index (κ3) is 5.40. The Labute approximate surface area is 236 Å². The van der Waals surface area contributed by atoms with Gasteiger partial charge in [-0.1, -0.05) is 77.5 Å². The van der Waals surface area contributed by atoms with E-state index in [9.17, 15) is 4.79 Å². The van der Waals surface area contributed by atoms with E-state index in [1.807, 2.05) is 84.6 Å². The molecule has 0 aliphatic carbocycles. The van der Waals surface area contributed by atoms with Gasteiger partial charge in [0.05, 0.1) is 45.2 Å². The molecule has 0 bridgehead atoms. The summed E-state index contributed by atoms with van der Waals surface area (Å²) in [4.78, 5) is 28.5. The number of pyridine rings is 1. The molecule has 1 aliphatic heterocycles. The van der Waals surface area contributed by atoms with Crippen molar-refractivity contribution >= 4 is 55.1 Å². The predicted octanol–water partition coefficient (Wildman–Crippen LogP) is 6.84. The van der Waals surface area contributed by atoms with Gasteiger partial charge in [-0.3, -0.25) is 14.6 Å². The minimum atomic E-state index is -0.0828. The smallest absolute Gasteiger partial charge is 0.260 e. The molecular formula is C31H29ClN4O2S. The summed E-state index contributed by atoms with van der Waals surface area (Å²) in [5.41, 5.74) is 5.04. The zero-order valence-corrected chi connectivity index (χ0v) is 23.3. The summed E-state index contributed by atoms with van der Waals surface area (Å²) in [6, 6.07) is 23.6. The fourth-order valence-electron chi connectivity index (χ4n) is 5.02. The molecule has 8 heteroatoms. The van der Waals surface area contributed by atoms with Gasteiger partial charge in [-0.25, -0.2) is 9.97 Å². The van der Waals surface area contributed by atoms with Crippen molar-refractivity contribution in [2.45, 2.75) is 13.3 Å². The third-order valence-corrected chi connectivity index (χ3v) is 8.68. The van der Waals surface area contributed by atoms with Crippen molar-refractivity contribution in [3.8, 4) is 11.3 Å². The molecule has 3 aromatic carbocycles. The first-order valence-corrected chi connectivity index (χ1v) is 14.4. The van der Waals surface area contributed by atoms with Crippen LogP contribution in [0.3, 0.4) is 0 Å². The van der Waals surface area contributed by atoms with Crippen molar-refractivity contribution < 1.29 is 9.53 Å². The molecule has 6 nitrogen and oxygen atoms in total. The highest BCUT2D eigenvalue weighted by Gasteiger charge is 2.25. The minimum Gasteiger partial charge on any atom is -0.379 e. The van der Waals surface area contributed by atoms with Crippen LogP contribution in [0.5, 0.6) is 0 Å². The molecule has 0 spiro atoms. The fourth-order valence-corrected chi connectivity index (χ4v) is 6.36. The monoisotopic (exact) mass is 556 g/mol. The average molecular weight is 557 g/mol. The maximum atomic E-state index is 14.5. The number of hydrogen-bond donors (Lipinski definition) is 0. The molecular weight excluding hydrogens is 528 g/mol. The highest BCUT2D eigenvalue weighted by Crippen LogP contribution is 2.37. The zero-order valence-electron chi connectivity index (χ0n) is 21.8. The molecule has 198 valence electrons. The van der Waals surface area contributed by atoms with Crippen LogP contribution in [0.25, 0.3) is 32.4 Å². The van der Waals surface area contributed by atoms with E-state index in [1.54, 1.807) is 0 Å². The van der Waals surface area contributed by atoms with Gasteiger partial charge >= 0.3 is 0 Å². The molecule has 1 amide bonds. The van der Waals surface area contributed by atoms with Crippen LogP contribution in [-0.2, 0) is 4.74 Å². The summed E-state index contributed by atoms with van der Waals surface area (Å²) < 4.78 is 6.41. The van der Waals surface area contributed by atoms with Gasteiger partial charge in [0.25, 0.3) is 5.91 Å². The summed E-state index contributed by atoms with van der Waals surface area (Å²) in [7, 11) is 0.